The summed E-state index contributed by atoms with van der Waals surface area (Å²) in [5.41, 5.74) is 5.14. The van der Waals surface area contributed by atoms with Crippen LogP contribution in [-0.4, -0.2) is 6.54 Å². The van der Waals surface area contributed by atoms with Crippen LogP contribution in [0.1, 0.15) is 23.6 Å². The van der Waals surface area contributed by atoms with Crippen LogP contribution in [0.5, 0.6) is 0 Å². The van der Waals surface area contributed by atoms with Gasteiger partial charge in [-0.1, -0.05) is 42.0 Å². The van der Waals surface area contributed by atoms with Gasteiger partial charge in [0.15, 0.2) is 0 Å². The van der Waals surface area contributed by atoms with Crippen molar-refractivity contribution in [3.8, 4) is 0 Å². The first-order valence-corrected chi connectivity index (χ1v) is 6.87. The number of rotatable bonds is 6. The minimum Gasteiger partial charge on any atom is -0.385 e. The summed E-state index contributed by atoms with van der Waals surface area (Å²) in [5, 5.41) is 6.77. The van der Waals surface area contributed by atoms with Crippen molar-refractivity contribution >= 4 is 5.69 Å². The molecule has 2 nitrogen and oxygen atoms in total. The Morgan fingerprint density at radius 3 is 1.84 bits per heavy atom. The Labute approximate surface area is 115 Å². The fraction of sp³-hybridized carbons (Fsp3) is 0.294. The van der Waals surface area contributed by atoms with Gasteiger partial charge in [0.2, 0.25) is 0 Å². The van der Waals surface area contributed by atoms with Gasteiger partial charge in [-0.25, -0.2) is 0 Å². The first kappa shape index (κ1) is 13.6. The van der Waals surface area contributed by atoms with Gasteiger partial charge >= 0.3 is 0 Å². The van der Waals surface area contributed by atoms with E-state index >= 15 is 0 Å². The number of nitrogens with one attached hydrogen (secondary N) is 2. The highest BCUT2D eigenvalue weighted by Gasteiger charge is 1.95. The Hall–Kier alpha value is -1.80. The van der Waals surface area contributed by atoms with Crippen molar-refractivity contribution in [1.29, 1.82) is 0 Å². The van der Waals surface area contributed by atoms with Crippen molar-refractivity contribution < 1.29 is 0 Å². The fourth-order valence-corrected chi connectivity index (χ4v) is 2.00. The molecule has 2 aromatic carbocycles. The van der Waals surface area contributed by atoms with Crippen LogP contribution in [0.2, 0.25) is 0 Å². The van der Waals surface area contributed by atoms with Gasteiger partial charge < -0.3 is 10.6 Å². The van der Waals surface area contributed by atoms with Crippen molar-refractivity contribution in [2.75, 3.05) is 11.9 Å². The van der Waals surface area contributed by atoms with Gasteiger partial charge in [0, 0.05) is 25.3 Å². The molecule has 0 heterocycles. The van der Waals surface area contributed by atoms with Crippen LogP contribution < -0.4 is 10.6 Å². The zero-order chi connectivity index (χ0) is 13.5. The Bertz CT molecular complexity index is 486. The summed E-state index contributed by atoms with van der Waals surface area (Å²) < 4.78 is 0. The van der Waals surface area contributed by atoms with E-state index in [0.717, 1.165) is 19.6 Å². The zero-order valence-electron chi connectivity index (χ0n) is 11.7. The summed E-state index contributed by atoms with van der Waals surface area (Å²) in [5.74, 6) is 0. The number of benzene rings is 2. The van der Waals surface area contributed by atoms with Gasteiger partial charge in [0.1, 0.15) is 0 Å². The van der Waals surface area contributed by atoms with E-state index in [1.165, 1.54) is 22.4 Å². The third kappa shape index (κ3) is 4.42. The van der Waals surface area contributed by atoms with E-state index in [2.05, 4.69) is 73.0 Å². The second-order valence-corrected chi connectivity index (χ2v) is 4.82. The summed E-state index contributed by atoms with van der Waals surface area (Å²) in [4.78, 5) is 0. The lowest BCUT2D eigenvalue weighted by Crippen LogP contribution is -2.12. The lowest BCUT2D eigenvalue weighted by Gasteiger charge is -2.07. The predicted octanol–water partition coefficient (Wildman–Crippen LogP) is 3.72. The van der Waals surface area contributed by atoms with Crippen LogP contribution in [0, 0.1) is 6.92 Å². The summed E-state index contributed by atoms with van der Waals surface area (Å²) in [7, 11) is 0. The normalized spacial score (nSPS) is 10.4. The van der Waals surface area contributed by atoms with Crippen LogP contribution in [0.15, 0.2) is 48.5 Å². The second-order valence-electron chi connectivity index (χ2n) is 4.82. The van der Waals surface area contributed by atoms with E-state index < -0.39 is 0 Å². The van der Waals surface area contributed by atoms with Gasteiger partial charge in [-0.15, -0.1) is 0 Å². The topological polar surface area (TPSA) is 24.1 Å². The van der Waals surface area contributed by atoms with Gasteiger partial charge in [-0.05, 0) is 37.1 Å². The molecule has 0 aliphatic rings. The summed E-state index contributed by atoms with van der Waals surface area (Å²) in [6.45, 7) is 7.00. The molecular formula is C17H22N2. The molecule has 0 atom stereocenters. The molecule has 0 amide bonds. The van der Waals surface area contributed by atoms with Crippen LogP contribution in [0.3, 0.4) is 0 Å². The lowest BCUT2D eigenvalue weighted by molar-refractivity contribution is 0.693. The van der Waals surface area contributed by atoms with E-state index in [4.69, 9.17) is 0 Å². The van der Waals surface area contributed by atoms with E-state index in [-0.39, 0.29) is 0 Å². The van der Waals surface area contributed by atoms with Crippen molar-refractivity contribution in [3.05, 3.63) is 65.2 Å². The van der Waals surface area contributed by atoms with Crippen molar-refractivity contribution in [1.82, 2.24) is 5.32 Å². The molecule has 2 aromatic rings. The average molecular weight is 254 g/mol. The van der Waals surface area contributed by atoms with Crippen LogP contribution >= 0.6 is 0 Å². The molecule has 0 aliphatic carbocycles. The molecule has 0 radical (unpaired) electrons. The van der Waals surface area contributed by atoms with Gasteiger partial charge in [0.25, 0.3) is 0 Å². The zero-order valence-corrected chi connectivity index (χ0v) is 11.7. The molecule has 19 heavy (non-hydrogen) atoms. The average Bonchev–Trinajstić information content (AvgIpc) is 2.43. The Kier molecular flexibility index (Phi) is 4.99. The number of hydrogen-bond donors (Lipinski definition) is 2. The minimum absolute atomic E-state index is 0.903. The maximum absolute atomic E-state index is 3.47. The molecule has 2 rings (SSSR count). The standard InChI is InChI=1S/C17H22N2/c1-3-19-17-10-8-16(9-11-17)13-18-12-15-6-4-14(2)5-7-15/h4-11,18-19H,3,12-13H2,1-2H3. The SMILES string of the molecule is CCNc1ccc(CNCc2ccc(C)cc2)cc1. The van der Waals surface area contributed by atoms with Gasteiger partial charge in [-0.3, -0.25) is 0 Å². The quantitative estimate of drug-likeness (QED) is 0.821. The van der Waals surface area contributed by atoms with Crippen molar-refractivity contribution in [3.63, 3.8) is 0 Å². The molecule has 0 spiro atoms. The Morgan fingerprint density at radius 1 is 0.789 bits per heavy atom. The van der Waals surface area contributed by atoms with Crippen molar-refractivity contribution in [2.24, 2.45) is 0 Å². The molecule has 100 valence electrons. The number of hydrogen-bond acceptors (Lipinski definition) is 2. The first-order chi connectivity index (χ1) is 9.28. The van der Waals surface area contributed by atoms with E-state index in [1.54, 1.807) is 0 Å². The number of aryl methyl sites for hydroxylation is 1. The Morgan fingerprint density at radius 2 is 1.32 bits per heavy atom. The smallest absolute Gasteiger partial charge is 0.0340 e. The van der Waals surface area contributed by atoms with Crippen molar-refractivity contribution in [2.45, 2.75) is 26.9 Å². The third-order valence-corrected chi connectivity index (χ3v) is 3.11. The highest BCUT2D eigenvalue weighted by atomic mass is 14.9. The molecule has 0 aromatic heterocycles. The first-order valence-electron chi connectivity index (χ1n) is 6.87. The molecule has 0 saturated heterocycles. The third-order valence-electron chi connectivity index (χ3n) is 3.11. The molecule has 0 saturated carbocycles. The van der Waals surface area contributed by atoms with E-state index in [9.17, 15) is 0 Å². The maximum atomic E-state index is 3.47. The summed E-state index contributed by atoms with van der Waals surface area (Å²) in [6, 6.07) is 17.3. The predicted molar refractivity (Wildman–Crippen MR) is 82.3 cm³/mol. The molecule has 2 heteroatoms. The highest BCUT2D eigenvalue weighted by molar-refractivity contribution is 5.44. The molecular weight excluding hydrogens is 232 g/mol. The van der Waals surface area contributed by atoms with Crippen LogP contribution in [0.25, 0.3) is 0 Å². The fourth-order valence-electron chi connectivity index (χ4n) is 2.00. The Balaban J connectivity index is 1.80. The highest BCUT2D eigenvalue weighted by Crippen LogP contribution is 2.09. The van der Waals surface area contributed by atoms with Crippen LogP contribution in [-0.2, 0) is 13.1 Å². The molecule has 0 fully saturated rings. The minimum atomic E-state index is 0.903. The van der Waals surface area contributed by atoms with Gasteiger partial charge in [-0.2, -0.15) is 0 Å². The van der Waals surface area contributed by atoms with E-state index in [0.29, 0.717) is 0 Å². The molecule has 0 unspecified atom stereocenters. The van der Waals surface area contributed by atoms with Gasteiger partial charge in [0.05, 0.1) is 0 Å². The lowest BCUT2D eigenvalue weighted by atomic mass is 10.1. The summed E-state index contributed by atoms with van der Waals surface area (Å²) >= 11 is 0. The van der Waals surface area contributed by atoms with Crippen LogP contribution in [0.4, 0.5) is 5.69 Å². The number of anilines is 1. The monoisotopic (exact) mass is 254 g/mol. The molecule has 0 aliphatic heterocycles. The second kappa shape index (κ2) is 6.95. The molecule has 0 bridgehead atoms. The molecule has 2 N–H and O–H groups in total. The largest absolute Gasteiger partial charge is 0.385 e. The maximum Gasteiger partial charge on any atom is 0.0340 e. The van der Waals surface area contributed by atoms with E-state index in [1.807, 2.05) is 0 Å². The summed E-state index contributed by atoms with van der Waals surface area (Å²) in [6.07, 6.45) is 0.